The number of aromatic nitrogens is 2. The Bertz CT molecular complexity index is 687. The van der Waals surface area contributed by atoms with E-state index in [0.29, 0.717) is 12.6 Å². The summed E-state index contributed by atoms with van der Waals surface area (Å²) in [5.41, 5.74) is -0.391. The minimum atomic E-state index is -0.833. The zero-order valence-electron chi connectivity index (χ0n) is 11.4. The van der Waals surface area contributed by atoms with Crippen LogP contribution in [0.2, 0.25) is 0 Å². The summed E-state index contributed by atoms with van der Waals surface area (Å²) in [6.07, 6.45) is 0. The van der Waals surface area contributed by atoms with Gasteiger partial charge in [0.2, 0.25) is 5.95 Å². The van der Waals surface area contributed by atoms with Crippen molar-refractivity contribution in [3.05, 3.63) is 45.6 Å². The highest BCUT2D eigenvalue weighted by Crippen LogP contribution is 2.31. The van der Waals surface area contributed by atoms with Gasteiger partial charge in [0.1, 0.15) is 17.3 Å². The SMILES string of the molecule is CCNc1nc(C)c([N+](=O)[O-])c(-c2cc(F)cc(F)c2)n1. The number of anilines is 1. The lowest BCUT2D eigenvalue weighted by Crippen LogP contribution is -2.07. The maximum Gasteiger partial charge on any atom is 0.316 e. The summed E-state index contributed by atoms with van der Waals surface area (Å²) < 4.78 is 26.7. The smallest absolute Gasteiger partial charge is 0.316 e. The first kappa shape index (κ1) is 14.8. The molecule has 8 heteroatoms. The molecule has 2 aromatic rings. The van der Waals surface area contributed by atoms with Crippen LogP contribution in [-0.4, -0.2) is 21.4 Å². The molecule has 0 aliphatic rings. The van der Waals surface area contributed by atoms with Crippen LogP contribution in [0.5, 0.6) is 0 Å². The first-order valence-corrected chi connectivity index (χ1v) is 6.15. The van der Waals surface area contributed by atoms with Crippen molar-refractivity contribution in [1.82, 2.24) is 9.97 Å². The van der Waals surface area contributed by atoms with E-state index in [1.165, 1.54) is 6.92 Å². The molecule has 0 radical (unpaired) electrons. The van der Waals surface area contributed by atoms with Crippen LogP contribution in [0.3, 0.4) is 0 Å². The fourth-order valence-corrected chi connectivity index (χ4v) is 1.91. The maximum atomic E-state index is 13.3. The van der Waals surface area contributed by atoms with E-state index in [0.717, 1.165) is 12.1 Å². The summed E-state index contributed by atoms with van der Waals surface area (Å²) in [5.74, 6) is -1.50. The van der Waals surface area contributed by atoms with Gasteiger partial charge >= 0.3 is 5.69 Å². The van der Waals surface area contributed by atoms with Crippen LogP contribution in [0, 0.1) is 28.7 Å². The van der Waals surface area contributed by atoms with E-state index < -0.39 is 16.6 Å². The standard InChI is InChI=1S/C13H12F2N4O2/c1-3-16-13-17-7(2)12(19(20)21)11(18-13)8-4-9(14)6-10(15)5-8/h4-6H,3H2,1-2H3,(H,16,17,18). The summed E-state index contributed by atoms with van der Waals surface area (Å²) in [6, 6.07) is 2.68. The molecule has 1 aromatic carbocycles. The van der Waals surface area contributed by atoms with Crippen molar-refractivity contribution < 1.29 is 13.7 Å². The van der Waals surface area contributed by atoms with Crippen molar-refractivity contribution in [3.8, 4) is 11.3 Å². The highest BCUT2D eigenvalue weighted by atomic mass is 19.1. The van der Waals surface area contributed by atoms with Gasteiger partial charge in [0.15, 0.2) is 5.69 Å². The number of aryl methyl sites for hydroxylation is 1. The van der Waals surface area contributed by atoms with Gasteiger partial charge in [-0.15, -0.1) is 0 Å². The Balaban J connectivity index is 2.71. The Hall–Kier alpha value is -2.64. The van der Waals surface area contributed by atoms with Crippen LogP contribution in [-0.2, 0) is 0 Å². The minimum Gasteiger partial charge on any atom is -0.354 e. The summed E-state index contributed by atoms with van der Waals surface area (Å²) in [5, 5.41) is 14.0. The van der Waals surface area contributed by atoms with Gasteiger partial charge in [-0.1, -0.05) is 0 Å². The molecule has 0 aliphatic carbocycles. The third-order valence-corrected chi connectivity index (χ3v) is 2.71. The molecule has 0 spiro atoms. The van der Waals surface area contributed by atoms with Crippen LogP contribution in [0.25, 0.3) is 11.3 Å². The zero-order valence-corrected chi connectivity index (χ0v) is 11.4. The largest absolute Gasteiger partial charge is 0.354 e. The van der Waals surface area contributed by atoms with Gasteiger partial charge in [-0.25, -0.2) is 18.7 Å². The highest BCUT2D eigenvalue weighted by molar-refractivity contribution is 5.72. The van der Waals surface area contributed by atoms with Gasteiger partial charge in [-0.05, 0) is 26.0 Å². The molecule has 1 aromatic heterocycles. The monoisotopic (exact) mass is 294 g/mol. The number of nitrogens with zero attached hydrogens (tertiary/aromatic N) is 3. The second-order valence-electron chi connectivity index (χ2n) is 4.28. The molecule has 1 N–H and O–H groups in total. The quantitative estimate of drug-likeness (QED) is 0.692. The van der Waals surface area contributed by atoms with E-state index in [1.807, 2.05) is 6.92 Å². The Labute approximate surface area is 119 Å². The fraction of sp³-hybridized carbons (Fsp3) is 0.231. The highest BCUT2D eigenvalue weighted by Gasteiger charge is 2.24. The van der Waals surface area contributed by atoms with Gasteiger partial charge in [0, 0.05) is 18.2 Å². The van der Waals surface area contributed by atoms with E-state index in [1.54, 1.807) is 0 Å². The number of nitro groups is 1. The lowest BCUT2D eigenvalue weighted by Gasteiger charge is -2.08. The molecule has 21 heavy (non-hydrogen) atoms. The summed E-state index contributed by atoms with van der Waals surface area (Å²) in [7, 11) is 0. The van der Waals surface area contributed by atoms with Gasteiger partial charge in [0.25, 0.3) is 0 Å². The molecule has 6 nitrogen and oxygen atoms in total. The number of benzene rings is 1. The third-order valence-electron chi connectivity index (χ3n) is 2.71. The fourth-order valence-electron chi connectivity index (χ4n) is 1.91. The summed E-state index contributed by atoms with van der Waals surface area (Å²) in [4.78, 5) is 18.5. The lowest BCUT2D eigenvalue weighted by molar-refractivity contribution is -0.385. The molecule has 0 amide bonds. The Morgan fingerprint density at radius 3 is 2.38 bits per heavy atom. The average Bonchev–Trinajstić information content (AvgIpc) is 2.36. The van der Waals surface area contributed by atoms with Gasteiger partial charge < -0.3 is 5.32 Å². The minimum absolute atomic E-state index is 0.0103. The van der Waals surface area contributed by atoms with Crippen LogP contribution >= 0.6 is 0 Å². The van der Waals surface area contributed by atoms with Crippen molar-refractivity contribution >= 4 is 11.6 Å². The first-order valence-electron chi connectivity index (χ1n) is 6.15. The second-order valence-corrected chi connectivity index (χ2v) is 4.28. The van der Waals surface area contributed by atoms with Crippen molar-refractivity contribution in [1.29, 1.82) is 0 Å². The molecule has 1 heterocycles. The Kier molecular flexibility index (Phi) is 4.06. The molecule has 2 rings (SSSR count). The van der Waals surface area contributed by atoms with Gasteiger partial charge in [0.05, 0.1) is 4.92 Å². The molecule has 110 valence electrons. The molecular weight excluding hydrogens is 282 g/mol. The van der Waals surface area contributed by atoms with E-state index in [4.69, 9.17) is 0 Å². The van der Waals surface area contributed by atoms with Crippen molar-refractivity contribution in [2.24, 2.45) is 0 Å². The molecule has 0 unspecified atom stereocenters. The topological polar surface area (TPSA) is 81.0 Å². The van der Waals surface area contributed by atoms with Crippen molar-refractivity contribution in [3.63, 3.8) is 0 Å². The van der Waals surface area contributed by atoms with E-state index in [-0.39, 0.29) is 28.6 Å². The number of rotatable bonds is 4. The molecule has 0 atom stereocenters. The van der Waals surface area contributed by atoms with Gasteiger partial charge in [-0.3, -0.25) is 10.1 Å². The second kappa shape index (κ2) is 5.78. The predicted molar refractivity (Wildman–Crippen MR) is 72.9 cm³/mol. The molecule has 0 saturated carbocycles. The Morgan fingerprint density at radius 1 is 1.24 bits per heavy atom. The number of nitrogens with one attached hydrogen (secondary N) is 1. The number of hydrogen-bond donors (Lipinski definition) is 1. The van der Waals surface area contributed by atoms with Crippen LogP contribution in [0.4, 0.5) is 20.4 Å². The van der Waals surface area contributed by atoms with E-state index >= 15 is 0 Å². The molecule has 0 aliphatic heterocycles. The molecule has 0 fully saturated rings. The molecular formula is C13H12F2N4O2. The van der Waals surface area contributed by atoms with Crippen molar-refractivity contribution in [2.75, 3.05) is 11.9 Å². The molecule has 0 saturated heterocycles. The third kappa shape index (κ3) is 3.10. The van der Waals surface area contributed by atoms with Gasteiger partial charge in [-0.2, -0.15) is 0 Å². The van der Waals surface area contributed by atoms with E-state index in [9.17, 15) is 18.9 Å². The normalized spacial score (nSPS) is 10.5. The summed E-state index contributed by atoms with van der Waals surface area (Å²) in [6.45, 7) is 3.76. The molecule has 0 bridgehead atoms. The number of hydrogen-bond acceptors (Lipinski definition) is 5. The zero-order chi connectivity index (χ0) is 15.6. The number of halogens is 2. The predicted octanol–water partition coefficient (Wildman–Crippen LogP) is 3.07. The lowest BCUT2D eigenvalue weighted by atomic mass is 10.1. The first-order chi connectivity index (χ1) is 9.92. The Morgan fingerprint density at radius 2 is 1.86 bits per heavy atom. The van der Waals surface area contributed by atoms with Crippen molar-refractivity contribution in [2.45, 2.75) is 13.8 Å². The average molecular weight is 294 g/mol. The van der Waals surface area contributed by atoms with E-state index in [2.05, 4.69) is 15.3 Å². The maximum absolute atomic E-state index is 13.3. The summed E-state index contributed by atoms with van der Waals surface area (Å²) >= 11 is 0. The van der Waals surface area contributed by atoms with Crippen LogP contribution in [0.1, 0.15) is 12.6 Å². The van der Waals surface area contributed by atoms with Crippen LogP contribution < -0.4 is 5.32 Å². The van der Waals surface area contributed by atoms with Crippen LogP contribution in [0.15, 0.2) is 18.2 Å².